The van der Waals surface area contributed by atoms with Crippen molar-refractivity contribution in [1.29, 1.82) is 0 Å². The SMILES string of the molecule is CC(c1ccccc1)C1(O)C(=O)Nc2ccccc21. The van der Waals surface area contributed by atoms with Crippen LogP contribution in [0.1, 0.15) is 24.0 Å². The van der Waals surface area contributed by atoms with Crippen LogP contribution in [0.25, 0.3) is 0 Å². The Morgan fingerprint density at radius 1 is 1.05 bits per heavy atom. The second kappa shape index (κ2) is 4.21. The molecule has 2 aromatic rings. The van der Waals surface area contributed by atoms with E-state index in [9.17, 15) is 9.90 Å². The summed E-state index contributed by atoms with van der Waals surface area (Å²) >= 11 is 0. The molecule has 2 unspecified atom stereocenters. The zero-order valence-electron chi connectivity index (χ0n) is 10.6. The average Bonchev–Trinajstić information content (AvgIpc) is 2.72. The van der Waals surface area contributed by atoms with Gasteiger partial charge in [0.05, 0.1) is 0 Å². The molecule has 0 saturated carbocycles. The van der Waals surface area contributed by atoms with E-state index in [4.69, 9.17) is 0 Å². The summed E-state index contributed by atoms with van der Waals surface area (Å²) < 4.78 is 0. The fraction of sp³-hybridized carbons (Fsp3) is 0.188. The molecule has 1 amide bonds. The van der Waals surface area contributed by atoms with Crippen LogP contribution in [-0.4, -0.2) is 11.0 Å². The molecule has 0 bridgehead atoms. The number of hydrogen-bond donors (Lipinski definition) is 2. The number of amides is 1. The number of aliphatic hydroxyl groups is 1. The van der Waals surface area contributed by atoms with Gasteiger partial charge in [0.2, 0.25) is 0 Å². The lowest BCUT2D eigenvalue weighted by atomic mass is 9.79. The number of para-hydroxylation sites is 1. The minimum Gasteiger partial charge on any atom is -0.375 e. The minimum absolute atomic E-state index is 0.308. The first-order chi connectivity index (χ1) is 9.14. The van der Waals surface area contributed by atoms with E-state index in [1.54, 1.807) is 6.07 Å². The third kappa shape index (κ3) is 1.66. The van der Waals surface area contributed by atoms with Crippen LogP contribution in [-0.2, 0) is 10.4 Å². The maximum atomic E-state index is 12.2. The number of nitrogens with one attached hydrogen (secondary N) is 1. The van der Waals surface area contributed by atoms with Crippen LogP contribution in [0.5, 0.6) is 0 Å². The van der Waals surface area contributed by atoms with Crippen molar-refractivity contribution in [3.05, 3.63) is 65.7 Å². The molecular weight excluding hydrogens is 238 g/mol. The highest BCUT2D eigenvalue weighted by Gasteiger charge is 2.49. The summed E-state index contributed by atoms with van der Waals surface area (Å²) in [5.41, 5.74) is 0.781. The van der Waals surface area contributed by atoms with Gasteiger partial charge in [-0.15, -0.1) is 0 Å². The van der Waals surface area contributed by atoms with Gasteiger partial charge < -0.3 is 10.4 Å². The summed E-state index contributed by atoms with van der Waals surface area (Å²) in [5.74, 6) is -0.664. The van der Waals surface area contributed by atoms with E-state index >= 15 is 0 Å². The molecule has 1 aliphatic heterocycles. The van der Waals surface area contributed by atoms with Gasteiger partial charge in [-0.25, -0.2) is 0 Å². The van der Waals surface area contributed by atoms with E-state index in [2.05, 4.69) is 5.32 Å². The van der Waals surface area contributed by atoms with Crippen molar-refractivity contribution in [2.24, 2.45) is 0 Å². The highest BCUT2D eigenvalue weighted by molar-refractivity contribution is 6.05. The van der Waals surface area contributed by atoms with E-state index in [0.29, 0.717) is 11.3 Å². The highest BCUT2D eigenvalue weighted by atomic mass is 16.3. The number of anilines is 1. The normalized spacial score (nSPS) is 22.7. The molecule has 19 heavy (non-hydrogen) atoms. The molecule has 0 aromatic heterocycles. The van der Waals surface area contributed by atoms with Gasteiger partial charge in [-0.3, -0.25) is 4.79 Å². The van der Waals surface area contributed by atoms with Crippen molar-refractivity contribution in [2.75, 3.05) is 5.32 Å². The quantitative estimate of drug-likeness (QED) is 0.864. The molecule has 1 heterocycles. The molecule has 3 nitrogen and oxygen atoms in total. The van der Waals surface area contributed by atoms with Crippen molar-refractivity contribution >= 4 is 11.6 Å². The second-order valence-electron chi connectivity index (χ2n) is 4.90. The first-order valence-corrected chi connectivity index (χ1v) is 6.32. The van der Waals surface area contributed by atoms with Crippen LogP contribution < -0.4 is 5.32 Å². The maximum Gasteiger partial charge on any atom is 0.261 e. The molecule has 3 heteroatoms. The number of benzene rings is 2. The lowest BCUT2D eigenvalue weighted by Gasteiger charge is -2.28. The van der Waals surface area contributed by atoms with E-state index in [-0.39, 0.29) is 11.8 Å². The van der Waals surface area contributed by atoms with Crippen LogP contribution >= 0.6 is 0 Å². The first kappa shape index (κ1) is 11.9. The lowest BCUT2D eigenvalue weighted by Crippen LogP contribution is -2.39. The predicted octanol–water partition coefficient (Wildman–Crippen LogP) is 2.63. The smallest absolute Gasteiger partial charge is 0.261 e. The zero-order valence-corrected chi connectivity index (χ0v) is 10.6. The van der Waals surface area contributed by atoms with Gasteiger partial charge in [-0.1, -0.05) is 55.5 Å². The number of hydrogen-bond acceptors (Lipinski definition) is 2. The summed E-state index contributed by atoms with van der Waals surface area (Å²) in [4.78, 5) is 12.2. The monoisotopic (exact) mass is 253 g/mol. The zero-order chi connectivity index (χ0) is 13.5. The predicted molar refractivity (Wildman–Crippen MR) is 73.8 cm³/mol. The molecule has 3 rings (SSSR count). The molecule has 0 fully saturated rings. The van der Waals surface area contributed by atoms with Gasteiger partial charge in [0.25, 0.3) is 5.91 Å². The molecule has 2 N–H and O–H groups in total. The Balaban J connectivity index is 2.11. The van der Waals surface area contributed by atoms with E-state index in [0.717, 1.165) is 5.56 Å². The molecule has 0 saturated heterocycles. The molecule has 0 aliphatic carbocycles. The van der Waals surface area contributed by atoms with Crippen molar-refractivity contribution in [3.63, 3.8) is 0 Å². The summed E-state index contributed by atoms with van der Waals surface area (Å²) in [6.45, 7) is 1.87. The van der Waals surface area contributed by atoms with Crippen LogP contribution in [0.3, 0.4) is 0 Å². The summed E-state index contributed by atoms with van der Waals surface area (Å²) in [6, 6.07) is 16.9. The summed E-state index contributed by atoms with van der Waals surface area (Å²) in [5, 5.41) is 13.7. The Hall–Kier alpha value is -2.13. The third-order valence-electron chi connectivity index (χ3n) is 3.86. The summed E-state index contributed by atoms with van der Waals surface area (Å²) in [7, 11) is 0. The fourth-order valence-electron chi connectivity index (χ4n) is 2.68. The van der Waals surface area contributed by atoms with Gasteiger partial charge >= 0.3 is 0 Å². The van der Waals surface area contributed by atoms with E-state index in [1.165, 1.54) is 0 Å². The molecule has 0 spiro atoms. The fourth-order valence-corrected chi connectivity index (χ4v) is 2.68. The van der Waals surface area contributed by atoms with Crippen LogP contribution in [0.4, 0.5) is 5.69 Å². The molecule has 1 aliphatic rings. The lowest BCUT2D eigenvalue weighted by molar-refractivity contribution is -0.135. The third-order valence-corrected chi connectivity index (χ3v) is 3.86. The van der Waals surface area contributed by atoms with Gasteiger partial charge in [-0.2, -0.15) is 0 Å². The van der Waals surface area contributed by atoms with Gasteiger partial charge in [0.15, 0.2) is 5.60 Å². The van der Waals surface area contributed by atoms with Crippen molar-refractivity contribution < 1.29 is 9.90 Å². The molecule has 2 atom stereocenters. The topological polar surface area (TPSA) is 49.3 Å². The summed E-state index contributed by atoms with van der Waals surface area (Å²) in [6.07, 6.45) is 0. The first-order valence-electron chi connectivity index (χ1n) is 6.32. The number of carbonyl (C=O) groups is 1. The van der Waals surface area contributed by atoms with Crippen LogP contribution in [0.15, 0.2) is 54.6 Å². The van der Waals surface area contributed by atoms with Crippen LogP contribution in [0, 0.1) is 0 Å². The minimum atomic E-state index is -1.50. The second-order valence-corrected chi connectivity index (χ2v) is 4.90. The van der Waals surface area contributed by atoms with E-state index in [1.807, 2.05) is 55.5 Å². The average molecular weight is 253 g/mol. The van der Waals surface area contributed by atoms with Crippen molar-refractivity contribution in [3.8, 4) is 0 Å². The maximum absolute atomic E-state index is 12.2. The Kier molecular flexibility index (Phi) is 2.64. The Bertz CT molecular complexity index is 624. The molecular formula is C16H15NO2. The molecule has 2 aromatic carbocycles. The standard InChI is InChI=1S/C16H15NO2/c1-11(12-7-3-2-4-8-12)16(19)13-9-5-6-10-14(13)17-15(16)18/h2-11,19H,1H3,(H,17,18). The van der Waals surface area contributed by atoms with Crippen molar-refractivity contribution in [2.45, 2.75) is 18.4 Å². The number of rotatable bonds is 2. The van der Waals surface area contributed by atoms with Gasteiger partial charge in [0, 0.05) is 17.2 Å². The van der Waals surface area contributed by atoms with E-state index < -0.39 is 5.60 Å². The number of carbonyl (C=O) groups excluding carboxylic acids is 1. The highest BCUT2D eigenvalue weighted by Crippen LogP contribution is 2.44. The Morgan fingerprint density at radius 3 is 2.42 bits per heavy atom. The largest absolute Gasteiger partial charge is 0.375 e. The van der Waals surface area contributed by atoms with Gasteiger partial charge in [0.1, 0.15) is 0 Å². The molecule has 0 radical (unpaired) electrons. The van der Waals surface area contributed by atoms with Crippen molar-refractivity contribution in [1.82, 2.24) is 0 Å². The number of fused-ring (bicyclic) bond motifs is 1. The Morgan fingerprint density at radius 2 is 1.68 bits per heavy atom. The molecule has 96 valence electrons. The van der Waals surface area contributed by atoms with Gasteiger partial charge in [-0.05, 0) is 11.6 Å². The van der Waals surface area contributed by atoms with Crippen LogP contribution in [0.2, 0.25) is 0 Å². The Labute approximate surface area is 111 Å².